The van der Waals surface area contributed by atoms with E-state index in [9.17, 15) is 36.6 Å². The highest BCUT2D eigenvalue weighted by Gasteiger charge is 2.46. The number of aliphatic hydroxyl groups is 1. The second-order valence-electron chi connectivity index (χ2n) is 9.65. The molecule has 1 amide bonds. The largest absolute Gasteiger partial charge is 0.432 e. The van der Waals surface area contributed by atoms with E-state index in [-0.39, 0.29) is 30.4 Å². The van der Waals surface area contributed by atoms with Crippen LogP contribution in [0, 0.1) is 11.7 Å². The maximum Gasteiger partial charge on any atom is 0.410 e. The van der Waals surface area contributed by atoms with Crippen LogP contribution in [0.1, 0.15) is 51.9 Å². The summed E-state index contributed by atoms with van der Waals surface area (Å²) < 4.78 is 75.9. The van der Waals surface area contributed by atoms with Crippen molar-refractivity contribution in [2.75, 3.05) is 6.54 Å². The van der Waals surface area contributed by atoms with Gasteiger partial charge in [0.1, 0.15) is 29.9 Å². The number of amides is 1. The van der Waals surface area contributed by atoms with Crippen molar-refractivity contribution in [1.29, 1.82) is 0 Å². The number of hydrogen-bond donors (Lipinski definition) is 4. The molecule has 0 aliphatic heterocycles. The third-order valence-corrected chi connectivity index (χ3v) is 6.32. The van der Waals surface area contributed by atoms with Crippen LogP contribution in [0.3, 0.4) is 0 Å². The molecule has 0 heterocycles. The number of alkyl halides is 4. The highest BCUT2D eigenvalue weighted by atomic mass is 19.3. The van der Waals surface area contributed by atoms with Gasteiger partial charge >= 0.3 is 6.11 Å². The van der Waals surface area contributed by atoms with Crippen molar-refractivity contribution in [3.05, 3.63) is 30.1 Å². The lowest BCUT2D eigenvalue weighted by Crippen LogP contribution is -2.69. The van der Waals surface area contributed by atoms with E-state index in [1.807, 2.05) is 0 Å². The van der Waals surface area contributed by atoms with Crippen molar-refractivity contribution in [1.82, 2.24) is 16.0 Å². The molecular formula is C24H32F5N3O4. The van der Waals surface area contributed by atoms with Gasteiger partial charge in [-0.2, -0.15) is 8.78 Å². The summed E-state index contributed by atoms with van der Waals surface area (Å²) >= 11 is 0. The van der Waals surface area contributed by atoms with Gasteiger partial charge in [-0.25, -0.2) is 13.2 Å². The van der Waals surface area contributed by atoms with Crippen LogP contribution in [-0.4, -0.2) is 59.7 Å². The minimum absolute atomic E-state index is 0.0319. The summed E-state index contributed by atoms with van der Waals surface area (Å²) in [5.41, 5.74) is -1.64. The van der Waals surface area contributed by atoms with Gasteiger partial charge < -0.3 is 20.0 Å². The molecule has 12 heteroatoms. The van der Waals surface area contributed by atoms with Crippen molar-refractivity contribution in [2.24, 2.45) is 5.92 Å². The van der Waals surface area contributed by atoms with Gasteiger partial charge in [0.15, 0.2) is 6.29 Å². The van der Waals surface area contributed by atoms with E-state index in [1.165, 1.54) is 0 Å². The first-order chi connectivity index (χ1) is 16.9. The summed E-state index contributed by atoms with van der Waals surface area (Å²) in [5, 5.41) is 17.9. The number of carbonyl (C=O) groups is 2. The molecule has 7 nitrogen and oxygen atoms in total. The molecule has 0 radical (unpaired) electrons. The number of aliphatic hydroxyl groups excluding tert-OH is 1. The van der Waals surface area contributed by atoms with Crippen LogP contribution in [0.5, 0.6) is 5.75 Å². The number of ether oxygens (including phenoxy) is 1. The third-order valence-electron chi connectivity index (χ3n) is 6.32. The molecule has 2 aliphatic rings. The topological polar surface area (TPSA) is 99.7 Å². The Morgan fingerprint density at radius 3 is 2.33 bits per heavy atom. The predicted octanol–water partition coefficient (Wildman–Crippen LogP) is 3.12. The van der Waals surface area contributed by atoms with Crippen LogP contribution in [0.2, 0.25) is 0 Å². The van der Waals surface area contributed by atoms with E-state index in [2.05, 4.69) is 20.7 Å². The second-order valence-corrected chi connectivity index (χ2v) is 9.65. The van der Waals surface area contributed by atoms with Gasteiger partial charge in [-0.1, -0.05) is 6.92 Å². The highest BCUT2D eigenvalue weighted by molar-refractivity contribution is 5.83. The van der Waals surface area contributed by atoms with Crippen LogP contribution in [0.15, 0.2) is 24.3 Å². The smallest absolute Gasteiger partial charge is 0.410 e. The van der Waals surface area contributed by atoms with E-state index >= 15 is 0 Å². The minimum atomic E-state index is -3.92. The molecular weight excluding hydrogens is 489 g/mol. The van der Waals surface area contributed by atoms with Crippen LogP contribution < -0.4 is 20.7 Å². The zero-order chi connectivity index (χ0) is 26.6. The van der Waals surface area contributed by atoms with Gasteiger partial charge in [-0.15, -0.1) is 0 Å². The van der Waals surface area contributed by atoms with Crippen molar-refractivity contribution in [3.63, 3.8) is 0 Å². The molecule has 4 N–H and O–H groups in total. The molecule has 0 spiro atoms. The van der Waals surface area contributed by atoms with Crippen molar-refractivity contribution < 1.29 is 41.4 Å². The fraction of sp³-hybridized carbons (Fsp3) is 0.667. The number of carbonyl (C=O) groups excluding carboxylic acids is 2. The van der Waals surface area contributed by atoms with E-state index < -0.39 is 61.0 Å². The van der Waals surface area contributed by atoms with Gasteiger partial charge in [0.2, 0.25) is 11.8 Å². The van der Waals surface area contributed by atoms with Gasteiger partial charge in [0, 0.05) is 18.9 Å². The van der Waals surface area contributed by atoms with E-state index in [4.69, 9.17) is 0 Å². The normalized spacial score (nSPS) is 19.8. The number of nitrogens with one attached hydrogen (secondary N) is 3. The lowest BCUT2D eigenvalue weighted by molar-refractivity contribution is -0.174. The molecule has 0 aromatic heterocycles. The van der Waals surface area contributed by atoms with Crippen molar-refractivity contribution >= 4 is 12.2 Å². The number of rotatable bonds is 16. The summed E-state index contributed by atoms with van der Waals surface area (Å²) in [6.07, 6.45) is -4.16. The van der Waals surface area contributed by atoms with Gasteiger partial charge in [-0.3, -0.25) is 15.4 Å². The molecule has 2 fully saturated rings. The Hall–Kier alpha value is -2.31. The summed E-state index contributed by atoms with van der Waals surface area (Å²) in [6.45, 7) is 0.282. The van der Waals surface area contributed by atoms with Crippen molar-refractivity contribution in [3.8, 4) is 5.75 Å². The molecule has 3 rings (SSSR count). The summed E-state index contributed by atoms with van der Waals surface area (Å²) in [5.74, 6) is -5.58. The van der Waals surface area contributed by atoms with Crippen LogP contribution in [-0.2, 0) is 9.59 Å². The first-order valence-corrected chi connectivity index (χ1v) is 12.0. The van der Waals surface area contributed by atoms with Gasteiger partial charge in [0.25, 0.3) is 0 Å². The monoisotopic (exact) mass is 521 g/mol. The zero-order valence-corrected chi connectivity index (χ0v) is 19.9. The quantitative estimate of drug-likeness (QED) is 0.152. The lowest BCUT2D eigenvalue weighted by atomic mass is 9.97. The maximum atomic E-state index is 14.7. The summed E-state index contributed by atoms with van der Waals surface area (Å²) in [6, 6.07) is 1.93. The number of hydrogen-bond acceptors (Lipinski definition) is 6. The Kier molecular flexibility index (Phi) is 8.94. The van der Waals surface area contributed by atoms with Gasteiger partial charge in [-0.05, 0) is 62.3 Å². The molecule has 202 valence electrons. The fourth-order valence-electron chi connectivity index (χ4n) is 3.95. The average molecular weight is 522 g/mol. The molecule has 1 unspecified atom stereocenters. The molecule has 36 heavy (non-hydrogen) atoms. The Morgan fingerprint density at radius 2 is 1.81 bits per heavy atom. The van der Waals surface area contributed by atoms with Crippen LogP contribution >= 0.6 is 0 Å². The molecule has 1 aromatic carbocycles. The Labute approximate surface area is 206 Å². The highest BCUT2D eigenvalue weighted by Crippen LogP contribution is 2.41. The maximum absolute atomic E-state index is 14.7. The van der Waals surface area contributed by atoms with E-state index in [0.717, 1.165) is 37.1 Å². The van der Waals surface area contributed by atoms with Crippen LogP contribution in [0.4, 0.5) is 22.0 Å². The SMILES string of the molecule is CC[C@@](NC(=O)[C@H](CC(F)(F)CC1CC1)NCC(F)(F)Oc1ccc(F)cc1)(NC1CC1)C(O)C=O. The molecule has 0 saturated heterocycles. The molecule has 1 aromatic rings. The fourth-order valence-corrected chi connectivity index (χ4v) is 3.95. The summed E-state index contributed by atoms with van der Waals surface area (Å²) in [7, 11) is 0. The number of benzene rings is 1. The third kappa shape index (κ3) is 8.38. The molecule has 0 bridgehead atoms. The molecule has 3 atom stereocenters. The number of aldehydes is 1. The Balaban J connectivity index is 1.74. The lowest BCUT2D eigenvalue weighted by Gasteiger charge is -2.38. The first-order valence-electron chi connectivity index (χ1n) is 12.0. The predicted molar refractivity (Wildman–Crippen MR) is 120 cm³/mol. The summed E-state index contributed by atoms with van der Waals surface area (Å²) in [4.78, 5) is 24.5. The standard InChI is InChI=1S/C24H32F5N3O4/c1-2-23(20(34)13-33,31-17-7-8-17)32-21(35)19(12-22(26,27)11-15-3-4-15)30-14-24(28,29)36-18-9-5-16(25)6-10-18/h5-6,9-10,13,15,17,19-20,30-31,34H,2-4,7-8,11-12,14H2,1H3,(H,32,35)/t19-,20?,23-/m0/s1. The molecule has 2 aliphatic carbocycles. The Bertz CT molecular complexity index is 896. The minimum Gasteiger partial charge on any atom is -0.432 e. The van der Waals surface area contributed by atoms with Crippen LogP contribution in [0.25, 0.3) is 0 Å². The zero-order valence-electron chi connectivity index (χ0n) is 19.9. The molecule has 2 saturated carbocycles. The van der Waals surface area contributed by atoms with E-state index in [0.29, 0.717) is 12.8 Å². The second kappa shape index (κ2) is 11.4. The average Bonchev–Trinajstić information content (AvgIpc) is 3.74. The number of halogens is 5. The first kappa shape index (κ1) is 28.3. The van der Waals surface area contributed by atoms with Gasteiger partial charge in [0.05, 0.1) is 6.04 Å². The van der Waals surface area contributed by atoms with Crippen molar-refractivity contribution in [2.45, 2.75) is 87.8 Å². The van der Waals surface area contributed by atoms with E-state index in [1.54, 1.807) is 6.92 Å². The Morgan fingerprint density at radius 1 is 1.17 bits per heavy atom.